The Morgan fingerprint density at radius 2 is 2.21 bits per heavy atom. The molecule has 1 aromatic heterocycles. The molecule has 2 heterocycles. The molecule has 4 heteroatoms. The van der Waals surface area contributed by atoms with Crippen LogP contribution in [0.3, 0.4) is 0 Å². The van der Waals surface area contributed by atoms with Gasteiger partial charge in [0.15, 0.2) is 5.17 Å². The van der Waals surface area contributed by atoms with E-state index >= 15 is 0 Å². The van der Waals surface area contributed by atoms with Gasteiger partial charge in [0, 0.05) is 24.2 Å². The zero-order valence-electron chi connectivity index (χ0n) is 12.0. The number of rotatable bonds is 5. The monoisotopic (exact) mass is 277 g/mol. The van der Waals surface area contributed by atoms with Crippen molar-refractivity contribution in [1.82, 2.24) is 10.3 Å². The number of nitrogens with one attached hydrogen (secondary N) is 1. The van der Waals surface area contributed by atoms with Gasteiger partial charge in [0.2, 0.25) is 0 Å². The van der Waals surface area contributed by atoms with Crippen molar-refractivity contribution in [3.05, 3.63) is 29.6 Å². The Morgan fingerprint density at radius 1 is 1.42 bits per heavy atom. The Morgan fingerprint density at radius 3 is 2.89 bits per heavy atom. The number of aliphatic imine (C=N–C) groups is 1. The van der Waals surface area contributed by atoms with Crippen molar-refractivity contribution >= 4 is 16.9 Å². The van der Waals surface area contributed by atoms with Gasteiger partial charge in [0.1, 0.15) is 0 Å². The molecule has 0 fully saturated rings. The number of aromatic nitrogens is 1. The largest absolute Gasteiger partial charge is 0.361 e. The summed E-state index contributed by atoms with van der Waals surface area (Å²) in [6.45, 7) is 8.46. The van der Waals surface area contributed by atoms with Crippen LogP contribution in [-0.2, 0) is 6.54 Å². The summed E-state index contributed by atoms with van der Waals surface area (Å²) in [4.78, 5) is 8.80. The van der Waals surface area contributed by atoms with Gasteiger partial charge in [-0.05, 0) is 30.0 Å². The average molecular weight is 277 g/mol. The maximum atomic E-state index is 4.63. The Hall–Kier alpha value is -1.03. The lowest BCUT2D eigenvalue weighted by Gasteiger charge is -2.18. The first-order valence-electron chi connectivity index (χ1n) is 7.09. The quantitative estimate of drug-likeness (QED) is 0.896. The lowest BCUT2D eigenvalue weighted by Crippen LogP contribution is -2.21. The molecule has 0 saturated heterocycles. The minimum absolute atomic E-state index is 0.660. The molecule has 0 aliphatic carbocycles. The molecule has 0 saturated carbocycles. The molecule has 1 aliphatic heterocycles. The number of aryl methyl sites for hydroxylation is 1. The van der Waals surface area contributed by atoms with Gasteiger partial charge >= 0.3 is 0 Å². The lowest BCUT2D eigenvalue weighted by molar-refractivity contribution is 0.479. The van der Waals surface area contributed by atoms with E-state index in [-0.39, 0.29) is 0 Å². The number of nitrogens with zero attached hydrogens (tertiary/aromatic N) is 2. The Balaban J connectivity index is 1.84. The molecule has 1 unspecified atom stereocenters. The van der Waals surface area contributed by atoms with E-state index in [9.17, 15) is 0 Å². The van der Waals surface area contributed by atoms with Crippen LogP contribution in [0.5, 0.6) is 0 Å². The van der Waals surface area contributed by atoms with E-state index in [0.717, 1.165) is 24.2 Å². The van der Waals surface area contributed by atoms with Crippen molar-refractivity contribution in [1.29, 1.82) is 0 Å². The fraction of sp³-hybridized carbons (Fsp3) is 0.600. The van der Waals surface area contributed by atoms with Crippen LogP contribution in [0.25, 0.3) is 0 Å². The van der Waals surface area contributed by atoms with E-state index in [4.69, 9.17) is 0 Å². The van der Waals surface area contributed by atoms with Gasteiger partial charge in [-0.1, -0.05) is 38.5 Å². The number of hydrogen-bond acceptors (Lipinski definition) is 4. The fourth-order valence-electron chi connectivity index (χ4n) is 2.40. The summed E-state index contributed by atoms with van der Waals surface area (Å²) in [7, 11) is 0. The van der Waals surface area contributed by atoms with Crippen LogP contribution in [0.4, 0.5) is 0 Å². The van der Waals surface area contributed by atoms with E-state index in [1.165, 1.54) is 24.0 Å². The molecule has 1 aromatic rings. The van der Waals surface area contributed by atoms with Gasteiger partial charge in [-0.2, -0.15) is 0 Å². The van der Waals surface area contributed by atoms with Crippen molar-refractivity contribution in [3.63, 3.8) is 0 Å². The summed E-state index contributed by atoms with van der Waals surface area (Å²) < 4.78 is 0. The first-order valence-corrected chi connectivity index (χ1v) is 7.97. The number of pyridine rings is 1. The second-order valence-corrected chi connectivity index (χ2v) is 6.26. The van der Waals surface area contributed by atoms with Crippen LogP contribution in [-0.4, -0.2) is 21.9 Å². The molecule has 0 amide bonds. The zero-order valence-corrected chi connectivity index (χ0v) is 12.8. The van der Waals surface area contributed by atoms with Crippen molar-refractivity contribution in [3.8, 4) is 0 Å². The summed E-state index contributed by atoms with van der Waals surface area (Å²) in [6, 6.07) is 2.05. The highest BCUT2D eigenvalue weighted by Gasteiger charge is 2.25. The number of thioether (sulfide) groups is 1. The van der Waals surface area contributed by atoms with Crippen molar-refractivity contribution in [2.24, 2.45) is 10.9 Å². The SMILES string of the molecule is CCC(CC)C1CN=C(NCc2cnccc2C)S1. The highest BCUT2D eigenvalue weighted by Crippen LogP contribution is 2.30. The maximum Gasteiger partial charge on any atom is 0.157 e. The second kappa shape index (κ2) is 6.94. The van der Waals surface area contributed by atoms with Gasteiger partial charge < -0.3 is 5.32 Å². The summed E-state index contributed by atoms with van der Waals surface area (Å²) in [5.74, 6) is 0.785. The molecule has 104 valence electrons. The minimum atomic E-state index is 0.660. The smallest absolute Gasteiger partial charge is 0.157 e. The average Bonchev–Trinajstić information content (AvgIpc) is 2.88. The molecule has 0 bridgehead atoms. The van der Waals surface area contributed by atoms with Gasteiger partial charge in [-0.15, -0.1) is 0 Å². The maximum absolute atomic E-state index is 4.63. The fourth-order valence-corrected chi connectivity index (χ4v) is 3.72. The highest BCUT2D eigenvalue weighted by molar-refractivity contribution is 8.14. The van der Waals surface area contributed by atoms with Gasteiger partial charge in [0.05, 0.1) is 6.54 Å². The molecule has 0 spiro atoms. The molecule has 1 N–H and O–H groups in total. The minimum Gasteiger partial charge on any atom is -0.361 e. The molecule has 3 nitrogen and oxygen atoms in total. The third-order valence-corrected chi connectivity index (χ3v) is 5.16. The van der Waals surface area contributed by atoms with Crippen molar-refractivity contribution in [2.75, 3.05) is 6.54 Å². The van der Waals surface area contributed by atoms with Crippen LogP contribution < -0.4 is 5.32 Å². The lowest BCUT2D eigenvalue weighted by atomic mass is 9.99. The first-order chi connectivity index (χ1) is 9.24. The number of hydrogen-bond donors (Lipinski definition) is 1. The van der Waals surface area contributed by atoms with Crippen LogP contribution >= 0.6 is 11.8 Å². The molecule has 0 radical (unpaired) electrons. The van der Waals surface area contributed by atoms with Gasteiger partial charge in [-0.3, -0.25) is 9.98 Å². The third-order valence-electron chi connectivity index (χ3n) is 3.83. The molecule has 1 aliphatic rings. The summed E-state index contributed by atoms with van der Waals surface area (Å²) in [5, 5.41) is 5.20. The van der Waals surface area contributed by atoms with E-state index in [2.05, 4.69) is 36.1 Å². The van der Waals surface area contributed by atoms with Crippen LogP contribution in [0.1, 0.15) is 37.8 Å². The molecule has 19 heavy (non-hydrogen) atoms. The van der Waals surface area contributed by atoms with Crippen LogP contribution in [0.15, 0.2) is 23.5 Å². The molecule has 0 aromatic carbocycles. The Labute approximate surface area is 120 Å². The standard InChI is InChI=1S/C15H23N3S/c1-4-12(5-2)14-10-18-15(19-14)17-9-13-8-16-7-6-11(13)3/h6-8,12,14H,4-5,9-10H2,1-3H3,(H,17,18). The number of amidine groups is 1. The predicted octanol–water partition coefficient (Wildman–Crippen LogP) is 3.39. The third kappa shape index (κ3) is 3.72. The van der Waals surface area contributed by atoms with Crippen LogP contribution in [0.2, 0.25) is 0 Å². The summed E-state index contributed by atoms with van der Waals surface area (Å²) in [5.41, 5.74) is 2.53. The Bertz CT molecular complexity index is 441. The van der Waals surface area contributed by atoms with Crippen molar-refractivity contribution < 1.29 is 0 Å². The van der Waals surface area contributed by atoms with E-state index in [0.29, 0.717) is 5.25 Å². The van der Waals surface area contributed by atoms with Crippen molar-refractivity contribution in [2.45, 2.75) is 45.4 Å². The molecular formula is C15H23N3S. The van der Waals surface area contributed by atoms with E-state index < -0.39 is 0 Å². The predicted molar refractivity (Wildman–Crippen MR) is 83.6 cm³/mol. The highest BCUT2D eigenvalue weighted by atomic mass is 32.2. The van der Waals surface area contributed by atoms with Gasteiger partial charge in [-0.25, -0.2) is 0 Å². The summed E-state index contributed by atoms with van der Waals surface area (Å²) in [6.07, 6.45) is 6.27. The van der Waals surface area contributed by atoms with Gasteiger partial charge in [0.25, 0.3) is 0 Å². The normalized spacial score (nSPS) is 18.7. The first kappa shape index (κ1) is 14.4. The van der Waals surface area contributed by atoms with E-state index in [1.54, 1.807) is 0 Å². The Kier molecular flexibility index (Phi) is 5.25. The zero-order chi connectivity index (χ0) is 13.7. The second-order valence-electron chi connectivity index (χ2n) is 5.03. The van der Waals surface area contributed by atoms with E-state index in [1.807, 2.05) is 30.2 Å². The van der Waals surface area contributed by atoms with Crippen LogP contribution in [0, 0.1) is 12.8 Å². The molecule has 1 atom stereocenters. The molecular weight excluding hydrogens is 254 g/mol. The topological polar surface area (TPSA) is 37.3 Å². The molecule has 2 rings (SSSR count). The summed E-state index contributed by atoms with van der Waals surface area (Å²) >= 11 is 1.91.